The maximum absolute atomic E-state index is 12.6. The molecule has 2 aromatic carbocycles. The van der Waals surface area contributed by atoms with Crippen molar-refractivity contribution < 1.29 is 4.52 Å². The molecule has 4 rings (SSSR count). The Labute approximate surface area is 150 Å². The topological polar surface area (TPSA) is 89.8 Å². The molecular weight excluding hydrogens is 328 g/mol. The van der Waals surface area contributed by atoms with Crippen LogP contribution in [0.5, 0.6) is 0 Å². The molecule has 6 nitrogen and oxygen atoms in total. The number of hydrogen-bond donors (Lipinski definition) is 2. The van der Waals surface area contributed by atoms with Crippen molar-refractivity contribution in [2.45, 2.75) is 26.9 Å². The number of aromatic amines is 1. The van der Waals surface area contributed by atoms with E-state index in [0.717, 1.165) is 44.7 Å². The summed E-state index contributed by atoms with van der Waals surface area (Å²) >= 11 is 0. The summed E-state index contributed by atoms with van der Waals surface area (Å²) in [6.45, 7) is 4.62. The Hall–Kier alpha value is -3.12. The predicted octanol–water partition coefficient (Wildman–Crippen LogP) is 3.11. The van der Waals surface area contributed by atoms with Crippen molar-refractivity contribution in [3.8, 4) is 11.1 Å². The zero-order valence-electron chi connectivity index (χ0n) is 14.7. The fraction of sp³-hybridized carbons (Fsp3) is 0.200. The number of hydrogen-bond acceptors (Lipinski definition) is 4. The number of nitrogens with zero attached hydrogens (tertiary/aromatic N) is 2. The van der Waals surface area contributed by atoms with E-state index < -0.39 is 0 Å². The van der Waals surface area contributed by atoms with E-state index in [2.05, 4.69) is 10.1 Å². The molecule has 2 aromatic heterocycles. The molecule has 0 bridgehead atoms. The van der Waals surface area contributed by atoms with Crippen molar-refractivity contribution in [2.75, 3.05) is 0 Å². The molecule has 0 aliphatic carbocycles. The number of benzene rings is 2. The minimum absolute atomic E-state index is 0.144. The second kappa shape index (κ2) is 6.31. The third kappa shape index (κ3) is 2.64. The number of aromatic nitrogens is 3. The van der Waals surface area contributed by atoms with Crippen LogP contribution < -0.4 is 11.4 Å². The van der Waals surface area contributed by atoms with Gasteiger partial charge in [-0.05, 0) is 42.7 Å². The Morgan fingerprint density at radius 3 is 2.62 bits per heavy atom. The second-order valence-electron chi connectivity index (χ2n) is 6.43. The molecule has 0 aliphatic heterocycles. The molecule has 2 heterocycles. The minimum atomic E-state index is -0.144. The monoisotopic (exact) mass is 348 g/mol. The first-order valence-corrected chi connectivity index (χ1v) is 8.51. The Morgan fingerprint density at radius 2 is 1.96 bits per heavy atom. The Bertz CT molecular complexity index is 1120. The van der Waals surface area contributed by atoms with E-state index in [1.54, 1.807) is 4.57 Å². The first kappa shape index (κ1) is 16.4. The highest BCUT2D eigenvalue weighted by Crippen LogP contribution is 2.31. The first-order chi connectivity index (χ1) is 12.6. The number of rotatable bonds is 4. The summed E-state index contributed by atoms with van der Waals surface area (Å²) in [7, 11) is 0. The number of aryl methyl sites for hydroxylation is 2. The van der Waals surface area contributed by atoms with Crippen molar-refractivity contribution in [1.82, 2.24) is 14.7 Å². The number of H-pyrrole nitrogens is 1. The van der Waals surface area contributed by atoms with Gasteiger partial charge in [0.2, 0.25) is 0 Å². The van der Waals surface area contributed by atoms with Gasteiger partial charge in [0, 0.05) is 12.1 Å². The van der Waals surface area contributed by atoms with Gasteiger partial charge < -0.3 is 15.2 Å². The van der Waals surface area contributed by atoms with Crippen LogP contribution in [0.15, 0.2) is 51.8 Å². The molecule has 0 spiro atoms. The normalized spacial score (nSPS) is 11.3. The lowest BCUT2D eigenvalue weighted by atomic mass is 10.0. The second-order valence-corrected chi connectivity index (χ2v) is 6.43. The van der Waals surface area contributed by atoms with Gasteiger partial charge in [0.15, 0.2) is 0 Å². The van der Waals surface area contributed by atoms with Crippen LogP contribution in [0.2, 0.25) is 0 Å². The SMILES string of the molecule is Cc1noc(C)c1-c1cc(CN)c2[nH]c(=O)n(Cc3ccccc3)c2c1. The van der Waals surface area contributed by atoms with E-state index in [0.29, 0.717) is 13.1 Å². The minimum Gasteiger partial charge on any atom is -0.361 e. The van der Waals surface area contributed by atoms with Crippen molar-refractivity contribution >= 4 is 11.0 Å². The van der Waals surface area contributed by atoms with E-state index >= 15 is 0 Å². The zero-order valence-corrected chi connectivity index (χ0v) is 14.7. The van der Waals surface area contributed by atoms with Crippen LogP contribution in [0.4, 0.5) is 0 Å². The van der Waals surface area contributed by atoms with Crippen LogP contribution in [0.25, 0.3) is 22.2 Å². The Kier molecular flexibility index (Phi) is 3.97. The standard InChI is InChI=1S/C20H20N4O2/c1-12-18(13(2)26-23-12)15-8-16(10-21)19-17(9-15)24(20(25)22-19)11-14-6-4-3-5-7-14/h3-9H,10-11,21H2,1-2H3,(H,22,25). The van der Waals surface area contributed by atoms with Crippen molar-refractivity contribution in [3.63, 3.8) is 0 Å². The summed E-state index contributed by atoms with van der Waals surface area (Å²) in [5.41, 5.74) is 12.1. The summed E-state index contributed by atoms with van der Waals surface area (Å²) in [5, 5.41) is 4.04. The first-order valence-electron chi connectivity index (χ1n) is 8.51. The predicted molar refractivity (Wildman–Crippen MR) is 101 cm³/mol. The number of imidazole rings is 1. The molecular formula is C20H20N4O2. The van der Waals surface area contributed by atoms with Crippen molar-refractivity contribution in [1.29, 1.82) is 0 Å². The Morgan fingerprint density at radius 1 is 1.19 bits per heavy atom. The molecule has 0 radical (unpaired) electrons. The van der Waals surface area contributed by atoms with Crippen molar-refractivity contribution in [3.05, 3.63) is 75.5 Å². The van der Waals surface area contributed by atoms with E-state index in [-0.39, 0.29) is 5.69 Å². The fourth-order valence-electron chi connectivity index (χ4n) is 3.45. The van der Waals surface area contributed by atoms with Gasteiger partial charge in [-0.2, -0.15) is 0 Å². The van der Waals surface area contributed by atoms with Gasteiger partial charge in [-0.1, -0.05) is 35.5 Å². The highest BCUT2D eigenvalue weighted by atomic mass is 16.5. The van der Waals surface area contributed by atoms with Gasteiger partial charge in [-0.15, -0.1) is 0 Å². The van der Waals surface area contributed by atoms with Crippen LogP contribution >= 0.6 is 0 Å². The Balaban J connectivity index is 1.95. The van der Waals surface area contributed by atoms with Crippen LogP contribution in [0, 0.1) is 13.8 Å². The third-order valence-corrected chi connectivity index (χ3v) is 4.69. The maximum Gasteiger partial charge on any atom is 0.326 e. The molecule has 26 heavy (non-hydrogen) atoms. The molecule has 0 unspecified atom stereocenters. The van der Waals surface area contributed by atoms with Gasteiger partial charge >= 0.3 is 5.69 Å². The smallest absolute Gasteiger partial charge is 0.326 e. The molecule has 3 N–H and O–H groups in total. The lowest BCUT2D eigenvalue weighted by Gasteiger charge is -2.08. The lowest BCUT2D eigenvalue weighted by molar-refractivity contribution is 0.393. The van der Waals surface area contributed by atoms with Gasteiger partial charge in [0.05, 0.1) is 23.3 Å². The van der Waals surface area contributed by atoms with Gasteiger partial charge in [-0.3, -0.25) is 4.57 Å². The van der Waals surface area contributed by atoms with Crippen molar-refractivity contribution in [2.24, 2.45) is 5.73 Å². The number of nitrogens with two attached hydrogens (primary N) is 1. The van der Waals surface area contributed by atoms with Crippen LogP contribution in [-0.2, 0) is 13.1 Å². The lowest BCUT2D eigenvalue weighted by Crippen LogP contribution is -2.17. The van der Waals surface area contributed by atoms with Crippen LogP contribution in [0.3, 0.4) is 0 Å². The summed E-state index contributed by atoms with van der Waals surface area (Å²) in [4.78, 5) is 15.5. The third-order valence-electron chi connectivity index (χ3n) is 4.69. The molecule has 132 valence electrons. The molecule has 4 aromatic rings. The van der Waals surface area contributed by atoms with Gasteiger partial charge in [-0.25, -0.2) is 4.79 Å². The zero-order chi connectivity index (χ0) is 18.3. The molecule has 6 heteroatoms. The summed E-state index contributed by atoms with van der Waals surface area (Å²) < 4.78 is 7.05. The number of nitrogens with one attached hydrogen (secondary N) is 1. The summed E-state index contributed by atoms with van der Waals surface area (Å²) in [5.74, 6) is 0.748. The van der Waals surface area contributed by atoms with E-state index in [4.69, 9.17) is 10.3 Å². The quantitative estimate of drug-likeness (QED) is 0.593. The fourth-order valence-corrected chi connectivity index (χ4v) is 3.45. The van der Waals surface area contributed by atoms with Gasteiger partial charge in [0.1, 0.15) is 5.76 Å². The molecule has 0 atom stereocenters. The average Bonchev–Trinajstić information content (AvgIpc) is 3.14. The highest BCUT2D eigenvalue weighted by molar-refractivity contribution is 5.86. The molecule has 0 saturated heterocycles. The van der Waals surface area contributed by atoms with E-state index in [9.17, 15) is 4.79 Å². The van der Waals surface area contributed by atoms with Gasteiger partial charge in [0.25, 0.3) is 0 Å². The maximum atomic E-state index is 12.6. The van der Waals surface area contributed by atoms with Crippen LogP contribution in [0.1, 0.15) is 22.6 Å². The molecule has 0 amide bonds. The molecule has 0 saturated carbocycles. The molecule has 0 fully saturated rings. The number of fused-ring (bicyclic) bond motifs is 1. The average molecular weight is 348 g/mol. The largest absolute Gasteiger partial charge is 0.361 e. The highest BCUT2D eigenvalue weighted by Gasteiger charge is 2.17. The van der Waals surface area contributed by atoms with E-state index in [1.165, 1.54) is 0 Å². The molecule has 0 aliphatic rings. The van der Waals surface area contributed by atoms with Crippen LogP contribution in [-0.4, -0.2) is 14.7 Å². The van der Waals surface area contributed by atoms with E-state index in [1.807, 2.05) is 56.3 Å². The summed E-state index contributed by atoms with van der Waals surface area (Å²) in [6.07, 6.45) is 0. The summed E-state index contributed by atoms with van der Waals surface area (Å²) in [6, 6.07) is 13.9.